The van der Waals surface area contributed by atoms with Crippen molar-refractivity contribution in [1.82, 2.24) is 4.31 Å². The molecule has 0 unspecified atom stereocenters. The van der Waals surface area contributed by atoms with Crippen molar-refractivity contribution in [3.63, 3.8) is 0 Å². The lowest BCUT2D eigenvalue weighted by Crippen LogP contribution is -2.28. The Hall–Kier alpha value is -1.07. The number of para-hydroxylation sites is 1. The second-order valence-electron chi connectivity index (χ2n) is 4.14. The predicted molar refractivity (Wildman–Crippen MR) is 68.6 cm³/mol. The Morgan fingerprint density at radius 2 is 1.88 bits per heavy atom. The van der Waals surface area contributed by atoms with Crippen LogP contribution in [0.1, 0.15) is 19.8 Å². The van der Waals surface area contributed by atoms with Gasteiger partial charge in [0, 0.05) is 19.6 Å². The molecular weight excluding hydrogens is 236 g/mol. The van der Waals surface area contributed by atoms with Crippen LogP contribution in [0.2, 0.25) is 0 Å². The van der Waals surface area contributed by atoms with Gasteiger partial charge in [-0.2, -0.15) is 4.31 Å². The van der Waals surface area contributed by atoms with Gasteiger partial charge < -0.3 is 5.32 Å². The van der Waals surface area contributed by atoms with E-state index in [0.717, 1.165) is 12.8 Å². The van der Waals surface area contributed by atoms with Crippen LogP contribution in [0.15, 0.2) is 29.2 Å². The van der Waals surface area contributed by atoms with E-state index in [4.69, 9.17) is 0 Å². The van der Waals surface area contributed by atoms with Crippen molar-refractivity contribution in [3.8, 4) is 0 Å². The lowest BCUT2D eigenvalue weighted by molar-refractivity contribution is 0.478. The Morgan fingerprint density at radius 3 is 2.53 bits per heavy atom. The molecule has 5 heteroatoms. The quantitative estimate of drug-likeness (QED) is 0.893. The summed E-state index contributed by atoms with van der Waals surface area (Å²) in [5, 5.41) is 3.10. The van der Waals surface area contributed by atoms with Crippen molar-refractivity contribution in [2.24, 2.45) is 0 Å². The molecule has 0 amide bonds. The molecule has 1 aromatic carbocycles. The minimum atomic E-state index is -3.32. The number of nitrogens with one attached hydrogen (secondary N) is 1. The molecule has 17 heavy (non-hydrogen) atoms. The van der Waals surface area contributed by atoms with Crippen molar-refractivity contribution in [2.75, 3.05) is 25.0 Å². The van der Waals surface area contributed by atoms with Crippen molar-refractivity contribution >= 4 is 15.7 Å². The molecule has 1 saturated heterocycles. The summed E-state index contributed by atoms with van der Waals surface area (Å²) in [7, 11) is -3.32. The minimum absolute atomic E-state index is 0.392. The number of hydrogen-bond donors (Lipinski definition) is 1. The Balaban J connectivity index is 2.38. The van der Waals surface area contributed by atoms with E-state index in [1.807, 2.05) is 19.1 Å². The van der Waals surface area contributed by atoms with Crippen LogP contribution in [0.25, 0.3) is 0 Å². The molecule has 0 bridgehead atoms. The van der Waals surface area contributed by atoms with Gasteiger partial charge in [-0.15, -0.1) is 0 Å². The van der Waals surface area contributed by atoms with Gasteiger partial charge in [-0.25, -0.2) is 8.42 Å². The lowest BCUT2D eigenvalue weighted by Gasteiger charge is -2.18. The fourth-order valence-electron chi connectivity index (χ4n) is 2.10. The first kappa shape index (κ1) is 12.4. The summed E-state index contributed by atoms with van der Waals surface area (Å²) in [6, 6.07) is 7.10. The van der Waals surface area contributed by atoms with E-state index < -0.39 is 10.0 Å². The average Bonchev–Trinajstić information content (AvgIpc) is 2.84. The van der Waals surface area contributed by atoms with Gasteiger partial charge in [-0.05, 0) is 31.9 Å². The third-order valence-electron chi connectivity index (χ3n) is 2.94. The normalized spacial score (nSPS) is 17.2. The van der Waals surface area contributed by atoms with E-state index in [0.29, 0.717) is 30.2 Å². The third kappa shape index (κ3) is 2.45. The highest BCUT2D eigenvalue weighted by Crippen LogP contribution is 2.26. The molecule has 1 N–H and O–H groups in total. The second kappa shape index (κ2) is 5.06. The molecule has 1 heterocycles. The van der Waals surface area contributed by atoms with Gasteiger partial charge in [0.15, 0.2) is 0 Å². The van der Waals surface area contributed by atoms with Gasteiger partial charge in [0.25, 0.3) is 0 Å². The maximum atomic E-state index is 12.4. The van der Waals surface area contributed by atoms with Crippen LogP contribution in [0, 0.1) is 0 Å². The number of sulfonamides is 1. The molecule has 1 fully saturated rings. The first-order valence-corrected chi connectivity index (χ1v) is 7.43. The molecule has 0 aliphatic carbocycles. The van der Waals surface area contributed by atoms with E-state index in [1.165, 1.54) is 0 Å². The van der Waals surface area contributed by atoms with Crippen LogP contribution < -0.4 is 5.32 Å². The van der Waals surface area contributed by atoms with Gasteiger partial charge in [0.2, 0.25) is 10.0 Å². The second-order valence-corrected chi connectivity index (χ2v) is 6.04. The minimum Gasteiger partial charge on any atom is -0.384 e. The summed E-state index contributed by atoms with van der Waals surface area (Å²) in [6.07, 6.45) is 1.92. The molecule has 0 saturated carbocycles. The number of hydrogen-bond acceptors (Lipinski definition) is 3. The predicted octanol–water partition coefficient (Wildman–Crippen LogP) is 1.90. The van der Waals surface area contributed by atoms with Crippen LogP contribution in [0.5, 0.6) is 0 Å². The van der Waals surface area contributed by atoms with E-state index in [2.05, 4.69) is 5.32 Å². The number of nitrogens with zero attached hydrogens (tertiary/aromatic N) is 1. The zero-order valence-corrected chi connectivity index (χ0v) is 10.8. The van der Waals surface area contributed by atoms with E-state index in [9.17, 15) is 8.42 Å². The molecule has 0 atom stereocenters. The van der Waals surface area contributed by atoms with E-state index in [-0.39, 0.29) is 0 Å². The lowest BCUT2D eigenvalue weighted by atomic mass is 10.3. The molecule has 0 aromatic heterocycles. The summed E-state index contributed by atoms with van der Waals surface area (Å²) in [6.45, 7) is 3.96. The summed E-state index contributed by atoms with van der Waals surface area (Å²) >= 11 is 0. The molecule has 1 aliphatic rings. The summed E-state index contributed by atoms with van der Waals surface area (Å²) in [5.41, 5.74) is 0.696. The Morgan fingerprint density at radius 1 is 1.24 bits per heavy atom. The maximum absolute atomic E-state index is 12.4. The highest BCUT2D eigenvalue weighted by molar-refractivity contribution is 7.89. The molecule has 1 aromatic rings. The van der Waals surface area contributed by atoms with Gasteiger partial charge >= 0.3 is 0 Å². The van der Waals surface area contributed by atoms with Crippen molar-refractivity contribution < 1.29 is 8.42 Å². The largest absolute Gasteiger partial charge is 0.384 e. The van der Waals surface area contributed by atoms with Crippen molar-refractivity contribution in [3.05, 3.63) is 24.3 Å². The van der Waals surface area contributed by atoms with Crippen LogP contribution >= 0.6 is 0 Å². The molecular formula is C12H18N2O2S. The first-order chi connectivity index (χ1) is 8.16. The Labute approximate surface area is 103 Å². The topological polar surface area (TPSA) is 49.4 Å². The first-order valence-electron chi connectivity index (χ1n) is 5.99. The highest BCUT2D eigenvalue weighted by Gasteiger charge is 2.28. The Kier molecular flexibility index (Phi) is 3.69. The fourth-order valence-corrected chi connectivity index (χ4v) is 3.78. The zero-order valence-electron chi connectivity index (χ0n) is 10.0. The van der Waals surface area contributed by atoms with Crippen molar-refractivity contribution in [1.29, 1.82) is 0 Å². The van der Waals surface area contributed by atoms with Crippen LogP contribution in [-0.4, -0.2) is 32.4 Å². The summed E-state index contributed by atoms with van der Waals surface area (Å²) in [4.78, 5) is 0.392. The van der Waals surface area contributed by atoms with Gasteiger partial charge in [0.1, 0.15) is 4.90 Å². The summed E-state index contributed by atoms with van der Waals surface area (Å²) in [5.74, 6) is 0. The van der Waals surface area contributed by atoms with E-state index >= 15 is 0 Å². The zero-order chi connectivity index (χ0) is 12.3. The number of anilines is 1. The molecule has 0 radical (unpaired) electrons. The summed E-state index contributed by atoms with van der Waals surface area (Å²) < 4.78 is 26.4. The van der Waals surface area contributed by atoms with Gasteiger partial charge in [-0.1, -0.05) is 12.1 Å². The maximum Gasteiger partial charge on any atom is 0.245 e. The monoisotopic (exact) mass is 254 g/mol. The molecule has 4 nitrogen and oxygen atoms in total. The highest BCUT2D eigenvalue weighted by atomic mass is 32.2. The van der Waals surface area contributed by atoms with Gasteiger partial charge in [-0.3, -0.25) is 0 Å². The van der Waals surface area contributed by atoms with Crippen LogP contribution in [0.3, 0.4) is 0 Å². The van der Waals surface area contributed by atoms with Crippen molar-refractivity contribution in [2.45, 2.75) is 24.7 Å². The van der Waals surface area contributed by atoms with Gasteiger partial charge in [0.05, 0.1) is 5.69 Å². The van der Waals surface area contributed by atoms with Crippen LogP contribution in [0.4, 0.5) is 5.69 Å². The smallest absolute Gasteiger partial charge is 0.245 e. The Bertz CT molecular complexity index is 479. The molecule has 2 rings (SSSR count). The SMILES string of the molecule is CCNc1ccccc1S(=O)(=O)N1CCCC1. The number of rotatable bonds is 4. The molecule has 1 aliphatic heterocycles. The fraction of sp³-hybridized carbons (Fsp3) is 0.500. The van der Waals surface area contributed by atoms with Crippen LogP contribution in [-0.2, 0) is 10.0 Å². The molecule has 94 valence electrons. The number of benzene rings is 1. The standard InChI is InChI=1S/C12H18N2O2S/c1-2-13-11-7-3-4-8-12(11)17(15,16)14-9-5-6-10-14/h3-4,7-8,13H,2,5-6,9-10H2,1H3. The average molecular weight is 254 g/mol. The molecule has 0 spiro atoms. The van der Waals surface area contributed by atoms with E-state index in [1.54, 1.807) is 16.4 Å². The third-order valence-corrected chi connectivity index (χ3v) is 4.89.